The van der Waals surface area contributed by atoms with Gasteiger partial charge in [-0.1, -0.05) is 24.3 Å². The summed E-state index contributed by atoms with van der Waals surface area (Å²) in [5.74, 6) is -1.35. The predicted octanol–water partition coefficient (Wildman–Crippen LogP) is 2.77. The maximum atomic E-state index is 12.8. The van der Waals surface area contributed by atoms with Crippen LogP contribution in [-0.2, 0) is 0 Å². The third-order valence-corrected chi connectivity index (χ3v) is 4.48. The zero-order valence-corrected chi connectivity index (χ0v) is 15.3. The Kier molecular flexibility index (Phi) is 4.44. The van der Waals surface area contributed by atoms with E-state index in [1.54, 1.807) is 34.9 Å². The van der Waals surface area contributed by atoms with Gasteiger partial charge in [-0.2, -0.15) is 0 Å². The van der Waals surface area contributed by atoms with Crippen LogP contribution in [0.25, 0.3) is 27.9 Å². The van der Waals surface area contributed by atoms with Gasteiger partial charge in [0.1, 0.15) is 16.9 Å². The molecule has 2 heterocycles. The maximum absolute atomic E-state index is 12.8. The molecule has 0 spiro atoms. The van der Waals surface area contributed by atoms with Crippen molar-refractivity contribution in [2.75, 3.05) is 12.3 Å². The van der Waals surface area contributed by atoms with Crippen LogP contribution in [0.1, 0.15) is 20.7 Å². The molecule has 29 heavy (non-hydrogen) atoms. The minimum absolute atomic E-state index is 0.0927. The fourth-order valence-corrected chi connectivity index (χ4v) is 3.18. The van der Waals surface area contributed by atoms with Crippen LogP contribution >= 0.6 is 0 Å². The Hall–Kier alpha value is -4.20. The van der Waals surface area contributed by atoms with Crippen molar-refractivity contribution in [2.45, 2.75) is 0 Å². The second-order valence-electron chi connectivity index (χ2n) is 6.33. The number of para-hydroxylation sites is 2. The normalized spacial score (nSPS) is 10.9. The number of aromatic carboxylic acids is 1. The lowest BCUT2D eigenvalue weighted by molar-refractivity contribution is 0.0696. The van der Waals surface area contributed by atoms with Crippen molar-refractivity contribution in [3.63, 3.8) is 0 Å². The van der Waals surface area contributed by atoms with Crippen molar-refractivity contribution in [1.82, 2.24) is 19.9 Å². The molecule has 0 atom stereocenters. The molecule has 0 fully saturated rings. The monoisotopic (exact) mass is 387 g/mol. The number of aromatic nitrogens is 3. The number of carboxylic acids is 1. The third-order valence-electron chi connectivity index (χ3n) is 4.48. The fraction of sp³-hybridized carbons (Fsp3) is 0.0476. The van der Waals surface area contributed by atoms with E-state index in [9.17, 15) is 14.7 Å². The topological polar surface area (TPSA) is 123 Å². The second kappa shape index (κ2) is 7.08. The Balaban J connectivity index is 2.05. The van der Waals surface area contributed by atoms with Crippen LogP contribution in [0.3, 0.4) is 0 Å². The number of fused-ring (bicyclic) bond motifs is 2. The Labute approximate surface area is 165 Å². The number of nitrogens with one attached hydrogen (secondary N) is 1. The molecule has 1 amide bonds. The number of carboxylic acid groups (broad SMARTS) is 1. The summed E-state index contributed by atoms with van der Waals surface area (Å²) in [6.07, 6.45) is 1.56. The molecule has 0 saturated carbocycles. The molecule has 4 aromatic rings. The van der Waals surface area contributed by atoms with E-state index >= 15 is 0 Å². The Bertz CT molecular complexity index is 1290. The summed E-state index contributed by atoms with van der Waals surface area (Å²) in [6.45, 7) is 3.86. The van der Waals surface area contributed by atoms with Gasteiger partial charge in [-0.15, -0.1) is 6.58 Å². The van der Waals surface area contributed by atoms with E-state index < -0.39 is 11.9 Å². The number of carbonyl (C=O) groups is 2. The van der Waals surface area contributed by atoms with Gasteiger partial charge in [0.25, 0.3) is 5.91 Å². The smallest absolute Gasteiger partial charge is 0.335 e. The van der Waals surface area contributed by atoms with Crippen molar-refractivity contribution in [1.29, 1.82) is 0 Å². The first-order valence-corrected chi connectivity index (χ1v) is 8.80. The van der Waals surface area contributed by atoms with Crippen molar-refractivity contribution in [2.24, 2.45) is 0 Å². The minimum Gasteiger partial charge on any atom is -0.478 e. The summed E-state index contributed by atoms with van der Waals surface area (Å²) in [4.78, 5) is 33.4. The van der Waals surface area contributed by atoms with E-state index in [0.717, 1.165) is 0 Å². The summed E-state index contributed by atoms with van der Waals surface area (Å²) < 4.78 is 1.55. The molecule has 4 rings (SSSR count). The molecule has 2 aromatic heterocycles. The molecule has 8 heteroatoms. The first-order valence-electron chi connectivity index (χ1n) is 8.80. The van der Waals surface area contributed by atoms with Crippen LogP contribution in [0.2, 0.25) is 0 Å². The molecule has 2 aromatic carbocycles. The number of hydrogen-bond donors (Lipinski definition) is 3. The van der Waals surface area contributed by atoms with Gasteiger partial charge in [0.05, 0.1) is 16.6 Å². The highest BCUT2D eigenvalue weighted by atomic mass is 16.4. The standard InChI is InChI=1S/C21H17N5O3/c1-2-10-23-20(27)16-17-19(25-15-9-4-3-8-14(15)24-17)26(18(16)22)13-7-5-6-12(11-13)21(28)29/h2-9,11H,1,10,22H2,(H,23,27)(H,28,29). The summed E-state index contributed by atoms with van der Waals surface area (Å²) in [7, 11) is 0. The average Bonchev–Trinajstić information content (AvgIpc) is 3.01. The zero-order chi connectivity index (χ0) is 20.5. The average molecular weight is 387 g/mol. The molecule has 0 bridgehead atoms. The number of amides is 1. The van der Waals surface area contributed by atoms with E-state index in [1.165, 1.54) is 12.1 Å². The molecule has 0 unspecified atom stereocenters. The number of nitrogens with zero attached hydrogens (tertiary/aromatic N) is 3. The number of nitrogen functional groups attached to an aromatic ring is 1. The molecular weight excluding hydrogens is 370 g/mol. The van der Waals surface area contributed by atoms with Gasteiger partial charge in [-0.05, 0) is 30.3 Å². The number of nitrogens with two attached hydrogens (primary N) is 1. The highest BCUT2D eigenvalue weighted by molar-refractivity contribution is 6.11. The van der Waals surface area contributed by atoms with Crippen molar-refractivity contribution in [3.05, 3.63) is 72.3 Å². The molecule has 8 nitrogen and oxygen atoms in total. The number of hydrogen-bond acceptors (Lipinski definition) is 5. The van der Waals surface area contributed by atoms with Crippen LogP contribution in [0, 0.1) is 0 Å². The summed E-state index contributed by atoms with van der Waals surface area (Å²) >= 11 is 0. The molecular formula is C21H17N5O3. The summed E-state index contributed by atoms with van der Waals surface area (Å²) in [5.41, 5.74) is 9.06. The predicted molar refractivity (Wildman–Crippen MR) is 110 cm³/mol. The highest BCUT2D eigenvalue weighted by Gasteiger charge is 2.24. The van der Waals surface area contributed by atoms with Gasteiger partial charge in [0.15, 0.2) is 5.65 Å². The van der Waals surface area contributed by atoms with E-state index in [-0.39, 0.29) is 23.5 Å². The van der Waals surface area contributed by atoms with Gasteiger partial charge in [0, 0.05) is 12.2 Å². The fourth-order valence-electron chi connectivity index (χ4n) is 3.18. The SMILES string of the molecule is C=CCNC(=O)c1c(N)n(-c2cccc(C(=O)O)c2)c2nc3ccccc3nc12. The van der Waals surface area contributed by atoms with Gasteiger partial charge in [0.2, 0.25) is 0 Å². The van der Waals surface area contributed by atoms with Crippen LogP contribution < -0.4 is 11.1 Å². The van der Waals surface area contributed by atoms with E-state index in [4.69, 9.17) is 5.73 Å². The van der Waals surface area contributed by atoms with Crippen molar-refractivity contribution >= 4 is 39.9 Å². The Morgan fingerprint density at radius 1 is 1.14 bits per heavy atom. The lowest BCUT2D eigenvalue weighted by Gasteiger charge is -2.09. The highest BCUT2D eigenvalue weighted by Crippen LogP contribution is 2.31. The molecule has 0 aliphatic carbocycles. The first kappa shape index (κ1) is 18.2. The number of carbonyl (C=O) groups excluding carboxylic acids is 1. The van der Waals surface area contributed by atoms with Crippen LogP contribution in [0.15, 0.2) is 61.2 Å². The molecule has 0 aliphatic heterocycles. The summed E-state index contributed by atoms with van der Waals surface area (Å²) in [6, 6.07) is 13.5. The molecule has 0 radical (unpaired) electrons. The van der Waals surface area contributed by atoms with Gasteiger partial charge >= 0.3 is 5.97 Å². The molecule has 0 saturated heterocycles. The van der Waals surface area contributed by atoms with Gasteiger partial charge in [-0.3, -0.25) is 9.36 Å². The maximum Gasteiger partial charge on any atom is 0.335 e. The molecule has 0 aliphatic rings. The van der Waals surface area contributed by atoms with Crippen molar-refractivity contribution in [3.8, 4) is 5.69 Å². The lowest BCUT2D eigenvalue weighted by Crippen LogP contribution is -2.24. The third kappa shape index (κ3) is 3.06. The molecule has 4 N–H and O–H groups in total. The minimum atomic E-state index is -1.07. The van der Waals surface area contributed by atoms with Crippen LogP contribution in [0.5, 0.6) is 0 Å². The largest absolute Gasteiger partial charge is 0.478 e. The Morgan fingerprint density at radius 3 is 2.55 bits per heavy atom. The van der Waals surface area contributed by atoms with Crippen molar-refractivity contribution < 1.29 is 14.7 Å². The molecule has 144 valence electrons. The van der Waals surface area contributed by atoms with E-state index in [0.29, 0.717) is 27.9 Å². The van der Waals surface area contributed by atoms with Crippen LogP contribution in [-0.4, -0.2) is 38.1 Å². The zero-order valence-electron chi connectivity index (χ0n) is 15.3. The van der Waals surface area contributed by atoms with E-state index in [1.807, 2.05) is 12.1 Å². The van der Waals surface area contributed by atoms with Crippen LogP contribution in [0.4, 0.5) is 5.82 Å². The lowest BCUT2D eigenvalue weighted by atomic mass is 10.2. The number of anilines is 1. The van der Waals surface area contributed by atoms with Gasteiger partial charge < -0.3 is 16.2 Å². The number of benzene rings is 2. The quantitative estimate of drug-likeness (QED) is 0.453. The Morgan fingerprint density at radius 2 is 1.86 bits per heavy atom. The first-order chi connectivity index (χ1) is 14.0. The van der Waals surface area contributed by atoms with Gasteiger partial charge in [-0.25, -0.2) is 14.8 Å². The number of rotatable bonds is 5. The van der Waals surface area contributed by atoms with E-state index in [2.05, 4.69) is 21.9 Å². The summed E-state index contributed by atoms with van der Waals surface area (Å²) in [5, 5.41) is 12.0. The second-order valence-corrected chi connectivity index (χ2v) is 6.33.